The second kappa shape index (κ2) is 4.73. The van der Waals surface area contributed by atoms with Crippen LogP contribution in [0.4, 0.5) is 4.39 Å². The van der Waals surface area contributed by atoms with Crippen LogP contribution in [-0.2, 0) is 0 Å². The number of H-pyrrole nitrogens is 1. The molecule has 2 aromatic rings. The quantitative estimate of drug-likeness (QED) is 0.595. The van der Waals surface area contributed by atoms with Gasteiger partial charge in [-0.05, 0) is 18.2 Å². The fourth-order valence-corrected chi connectivity index (χ4v) is 1.87. The van der Waals surface area contributed by atoms with Crippen LogP contribution in [0.2, 0.25) is 0 Å². The number of hydrogen-bond donors (Lipinski definition) is 3. The summed E-state index contributed by atoms with van der Waals surface area (Å²) in [5.41, 5.74) is 2.97. The van der Waals surface area contributed by atoms with Crippen LogP contribution >= 0.6 is 15.9 Å². The first-order valence-corrected chi connectivity index (χ1v) is 5.42. The van der Waals surface area contributed by atoms with Crippen molar-refractivity contribution in [3.05, 3.63) is 52.3 Å². The summed E-state index contributed by atoms with van der Waals surface area (Å²) in [6.45, 7) is 0. The molecule has 1 heterocycles. The van der Waals surface area contributed by atoms with Gasteiger partial charge in [0.25, 0.3) is 0 Å². The van der Waals surface area contributed by atoms with Crippen LogP contribution in [0.3, 0.4) is 0 Å². The molecule has 1 aromatic heterocycles. The second-order valence-corrected chi connectivity index (χ2v) is 4.16. The molecule has 0 aliphatic carbocycles. The Kier molecular flexibility index (Phi) is 3.33. The van der Waals surface area contributed by atoms with E-state index in [-0.39, 0.29) is 5.82 Å². The van der Waals surface area contributed by atoms with E-state index in [9.17, 15) is 4.39 Å². The fourth-order valence-electron chi connectivity index (χ4n) is 1.49. The van der Waals surface area contributed by atoms with Crippen molar-refractivity contribution in [2.75, 3.05) is 0 Å². The van der Waals surface area contributed by atoms with E-state index in [0.29, 0.717) is 11.4 Å². The molecule has 1 unspecified atom stereocenters. The molecule has 1 atom stereocenters. The van der Waals surface area contributed by atoms with Crippen molar-refractivity contribution < 1.29 is 4.39 Å². The largest absolute Gasteiger partial charge is 0.347 e. The lowest BCUT2D eigenvalue weighted by Gasteiger charge is -2.14. The number of aromatic nitrogens is 2. The minimum Gasteiger partial charge on any atom is -0.347 e. The van der Waals surface area contributed by atoms with Crippen LogP contribution in [0, 0.1) is 5.82 Å². The fraction of sp³-hybridized carbons (Fsp3) is 0.100. The number of hydrazine groups is 1. The molecule has 84 valence electrons. The summed E-state index contributed by atoms with van der Waals surface area (Å²) in [6.07, 6.45) is 3.26. The summed E-state index contributed by atoms with van der Waals surface area (Å²) < 4.78 is 14.4. The molecule has 4 nitrogen and oxygen atoms in total. The maximum atomic E-state index is 13.6. The standard InChI is InChI=1S/C10H10BrFN4/c11-6-1-2-8(12)7(5-6)9(16-13)10-14-3-4-15-10/h1-5,9,16H,13H2,(H,14,15). The Morgan fingerprint density at radius 1 is 1.50 bits per heavy atom. The first kappa shape index (κ1) is 11.3. The van der Waals surface area contributed by atoms with Crippen molar-refractivity contribution in [1.29, 1.82) is 0 Å². The molecule has 16 heavy (non-hydrogen) atoms. The summed E-state index contributed by atoms with van der Waals surface area (Å²) in [6, 6.07) is 4.19. The third kappa shape index (κ3) is 2.13. The highest BCUT2D eigenvalue weighted by Gasteiger charge is 2.18. The van der Waals surface area contributed by atoms with E-state index in [0.717, 1.165) is 4.47 Å². The predicted molar refractivity (Wildman–Crippen MR) is 61.9 cm³/mol. The van der Waals surface area contributed by atoms with Gasteiger partial charge in [0.2, 0.25) is 0 Å². The molecule has 0 bridgehead atoms. The van der Waals surface area contributed by atoms with Gasteiger partial charge in [-0.15, -0.1) is 0 Å². The van der Waals surface area contributed by atoms with Crippen LogP contribution in [0.25, 0.3) is 0 Å². The highest BCUT2D eigenvalue weighted by atomic mass is 79.9. The molecular formula is C10H10BrFN4. The van der Waals surface area contributed by atoms with E-state index in [1.54, 1.807) is 24.5 Å². The molecule has 0 saturated heterocycles. The molecule has 0 amide bonds. The van der Waals surface area contributed by atoms with E-state index in [1.807, 2.05) is 0 Å². The number of aromatic amines is 1. The first-order valence-electron chi connectivity index (χ1n) is 4.62. The second-order valence-electron chi connectivity index (χ2n) is 3.24. The van der Waals surface area contributed by atoms with Crippen LogP contribution in [0.15, 0.2) is 35.1 Å². The highest BCUT2D eigenvalue weighted by molar-refractivity contribution is 9.10. The monoisotopic (exact) mass is 284 g/mol. The van der Waals surface area contributed by atoms with Crippen molar-refractivity contribution in [3.63, 3.8) is 0 Å². The van der Waals surface area contributed by atoms with Gasteiger partial charge in [-0.25, -0.2) is 14.8 Å². The Morgan fingerprint density at radius 3 is 2.94 bits per heavy atom. The number of imidazole rings is 1. The molecular weight excluding hydrogens is 275 g/mol. The molecule has 0 fully saturated rings. The van der Waals surface area contributed by atoms with Crippen LogP contribution in [0.5, 0.6) is 0 Å². The minimum absolute atomic E-state index is 0.331. The SMILES string of the molecule is NNC(c1ncc[nH]1)c1cc(Br)ccc1F. The van der Waals surface area contributed by atoms with E-state index in [1.165, 1.54) is 6.07 Å². The predicted octanol–water partition coefficient (Wildman–Crippen LogP) is 1.86. The zero-order valence-electron chi connectivity index (χ0n) is 8.24. The maximum Gasteiger partial charge on any atom is 0.129 e. The molecule has 0 spiro atoms. The van der Waals surface area contributed by atoms with Crippen LogP contribution in [-0.4, -0.2) is 9.97 Å². The minimum atomic E-state index is -0.493. The third-order valence-corrected chi connectivity index (χ3v) is 2.72. The van der Waals surface area contributed by atoms with Gasteiger partial charge in [0.1, 0.15) is 17.7 Å². The molecule has 2 rings (SSSR count). The van der Waals surface area contributed by atoms with E-state index in [2.05, 4.69) is 31.3 Å². The molecule has 0 radical (unpaired) electrons. The van der Waals surface area contributed by atoms with Gasteiger partial charge in [-0.3, -0.25) is 5.84 Å². The first-order chi connectivity index (χ1) is 7.72. The lowest BCUT2D eigenvalue weighted by molar-refractivity contribution is 0.546. The number of benzene rings is 1. The number of hydrogen-bond acceptors (Lipinski definition) is 3. The Morgan fingerprint density at radius 2 is 2.31 bits per heavy atom. The number of rotatable bonds is 3. The Labute approximate surface area is 100 Å². The third-order valence-electron chi connectivity index (χ3n) is 2.23. The maximum absolute atomic E-state index is 13.6. The molecule has 0 aliphatic rings. The number of nitrogens with one attached hydrogen (secondary N) is 2. The lowest BCUT2D eigenvalue weighted by Crippen LogP contribution is -2.30. The smallest absolute Gasteiger partial charge is 0.129 e. The van der Waals surface area contributed by atoms with Gasteiger partial charge < -0.3 is 4.98 Å². The lowest BCUT2D eigenvalue weighted by atomic mass is 10.1. The number of halogens is 2. The van der Waals surface area contributed by atoms with E-state index in [4.69, 9.17) is 5.84 Å². The van der Waals surface area contributed by atoms with Gasteiger partial charge in [0.15, 0.2) is 0 Å². The molecule has 4 N–H and O–H groups in total. The van der Waals surface area contributed by atoms with E-state index >= 15 is 0 Å². The molecule has 0 saturated carbocycles. The molecule has 1 aromatic carbocycles. The van der Waals surface area contributed by atoms with Crippen LogP contribution in [0.1, 0.15) is 17.4 Å². The van der Waals surface area contributed by atoms with Crippen molar-refractivity contribution in [2.45, 2.75) is 6.04 Å². The average molecular weight is 285 g/mol. The van der Waals surface area contributed by atoms with Gasteiger partial charge in [0, 0.05) is 22.4 Å². The summed E-state index contributed by atoms with van der Waals surface area (Å²) in [5.74, 6) is 5.66. The van der Waals surface area contributed by atoms with Crippen molar-refractivity contribution in [1.82, 2.24) is 15.4 Å². The Bertz CT molecular complexity index is 472. The zero-order valence-corrected chi connectivity index (χ0v) is 9.83. The van der Waals surface area contributed by atoms with Crippen molar-refractivity contribution in [3.8, 4) is 0 Å². The Balaban J connectivity index is 2.44. The normalized spacial score (nSPS) is 12.7. The van der Waals surface area contributed by atoms with Gasteiger partial charge >= 0.3 is 0 Å². The summed E-state index contributed by atoms with van der Waals surface area (Å²) in [4.78, 5) is 6.95. The zero-order chi connectivity index (χ0) is 11.5. The van der Waals surface area contributed by atoms with Gasteiger partial charge in [-0.1, -0.05) is 15.9 Å². The molecule has 0 aliphatic heterocycles. The number of nitrogens with zero attached hydrogens (tertiary/aromatic N) is 1. The van der Waals surface area contributed by atoms with Crippen molar-refractivity contribution >= 4 is 15.9 Å². The summed E-state index contributed by atoms with van der Waals surface area (Å²) >= 11 is 3.29. The van der Waals surface area contributed by atoms with Gasteiger partial charge in [0.05, 0.1) is 0 Å². The van der Waals surface area contributed by atoms with Crippen LogP contribution < -0.4 is 11.3 Å². The van der Waals surface area contributed by atoms with E-state index < -0.39 is 6.04 Å². The highest BCUT2D eigenvalue weighted by Crippen LogP contribution is 2.24. The summed E-state index contributed by atoms with van der Waals surface area (Å²) in [7, 11) is 0. The average Bonchev–Trinajstić information content (AvgIpc) is 2.78. The topological polar surface area (TPSA) is 66.7 Å². The summed E-state index contributed by atoms with van der Waals surface area (Å²) in [5, 5.41) is 0. The Hall–Kier alpha value is -1.24. The number of nitrogens with two attached hydrogens (primary N) is 1. The van der Waals surface area contributed by atoms with Gasteiger partial charge in [-0.2, -0.15) is 0 Å². The molecule has 6 heteroatoms. The van der Waals surface area contributed by atoms with Crippen molar-refractivity contribution in [2.24, 2.45) is 5.84 Å².